The van der Waals surface area contributed by atoms with Crippen molar-refractivity contribution >= 4 is 38.9 Å². The summed E-state index contributed by atoms with van der Waals surface area (Å²) in [5.41, 5.74) is 3.77. The minimum atomic E-state index is -3.18. The van der Waals surface area contributed by atoms with Crippen molar-refractivity contribution in [1.82, 2.24) is 25.2 Å². The highest BCUT2D eigenvalue weighted by molar-refractivity contribution is 7.90. The number of pyridine rings is 1. The van der Waals surface area contributed by atoms with Gasteiger partial charge in [0.1, 0.15) is 15.6 Å². The number of rotatable bonds is 10. The first kappa shape index (κ1) is 29.5. The number of ether oxygens (including phenoxy) is 1. The highest BCUT2D eigenvalue weighted by atomic mass is 32.2. The fourth-order valence-corrected chi connectivity index (χ4v) is 4.38. The number of hydrogen-bond donors (Lipinski definition) is 3. The topological polar surface area (TPSA) is 144 Å². The lowest BCUT2D eigenvalue weighted by Gasteiger charge is -2.18. The van der Waals surface area contributed by atoms with Crippen molar-refractivity contribution in [2.75, 3.05) is 37.5 Å². The molecular weight excluding hydrogens is 544 g/mol. The summed E-state index contributed by atoms with van der Waals surface area (Å²) in [4.78, 5) is 29.6. The van der Waals surface area contributed by atoms with Crippen molar-refractivity contribution < 1.29 is 22.7 Å². The van der Waals surface area contributed by atoms with Crippen molar-refractivity contribution in [3.05, 3.63) is 71.9 Å². The molecule has 4 rings (SSSR count). The molecule has 0 aliphatic carbocycles. The second-order valence-electron chi connectivity index (χ2n) is 10.9. The second kappa shape index (κ2) is 12.0. The van der Waals surface area contributed by atoms with Gasteiger partial charge in [-0.15, -0.1) is 5.10 Å². The lowest BCUT2D eigenvalue weighted by molar-refractivity contribution is 0.0936. The molecule has 0 saturated carbocycles. The number of aromatic nitrogens is 3. The van der Waals surface area contributed by atoms with Crippen molar-refractivity contribution in [2.24, 2.45) is 5.41 Å². The number of benzene rings is 2. The summed E-state index contributed by atoms with van der Waals surface area (Å²) in [5.74, 6) is 0.0340. The molecule has 0 fully saturated rings. The zero-order valence-corrected chi connectivity index (χ0v) is 24.5. The van der Waals surface area contributed by atoms with E-state index < -0.39 is 15.7 Å². The Labute approximate surface area is 239 Å². The number of hydrogen-bond acceptors (Lipinski definition) is 8. The normalized spacial score (nSPS) is 11.7. The van der Waals surface area contributed by atoms with Crippen LogP contribution < -0.4 is 20.7 Å². The maximum Gasteiger partial charge on any atom is 0.251 e. The van der Waals surface area contributed by atoms with Crippen LogP contribution in [-0.2, 0) is 9.84 Å². The van der Waals surface area contributed by atoms with E-state index in [0.717, 1.165) is 17.4 Å². The molecule has 41 heavy (non-hydrogen) atoms. The number of anilines is 2. The average molecular weight is 579 g/mol. The molecule has 2 heterocycles. The van der Waals surface area contributed by atoms with Gasteiger partial charge in [0.15, 0.2) is 5.65 Å². The number of sulfone groups is 1. The average Bonchev–Trinajstić information content (AvgIpc) is 3.32. The summed E-state index contributed by atoms with van der Waals surface area (Å²) in [6.07, 6.45) is 2.95. The monoisotopic (exact) mass is 578 g/mol. The van der Waals surface area contributed by atoms with E-state index in [9.17, 15) is 18.0 Å². The molecule has 12 heteroatoms. The molecule has 0 unspecified atom stereocenters. The van der Waals surface area contributed by atoms with E-state index in [2.05, 4.69) is 46.8 Å². The van der Waals surface area contributed by atoms with E-state index in [1.165, 1.54) is 7.11 Å². The molecule has 216 valence electrons. The number of fused-ring (bicyclic) bond motifs is 1. The van der Waals surface area contributed by atoms with E-state index >= 15 is 0 Å². The van der Waals surface area contributed by atoms with Gasteiger partial charge in [-0.1, -0.05) is 32.9 Å². The van der Waals surface area contributed by atoms with E-state index in [-0.39, 0.29) is 23.6 Å². The van der Waals surface area contributed by atoms with Gasteiger partial charge >= 0.3 is 0 Å². The van der Waals surface area contributed by atoms with Crippen LogP contribution in [0, 0.1) is 5.41 Å². The van der Waals surface area contributed by atoms with Gasteiger partial charge in [-0.3, -0.25) is 9.59 Å². The third-order valence-corrected chi connectivity index (χ3v) is 6.98. The Morgan fingerprint density at radius 2 is 1.68 bits per heavy atom. The smallest absolute Gasteiger partial charge is 0.251 e. The highest BCUT2D eigenvalue weighted by Crippen LogP contribution is 2.28. The van der Waals surface area contributed by atoms with Crippen LogP contribution in [-0.4, -0.2) is 67.0 Å². The predicted molar refractivity (Wildman–Crippen MR) is 159 cm³/mol. The Bertz CT molecular complexity index is 1690. The van der Waals surface area contributed by atoms with Crippen molar-refractivity contribution in [2.45, 2.75) is 20.8 Å². The molecule has 3 N–H and O–H groups in total. The minimum Gasteiger partial charge on any atom is -0.495 e. The Kier molecular flexibility index (Phi) is 8.62. The van der Waals surface area contributed by atoms with Crippen LogP contribution in [0.5, 0.6) is 5.75 Å². The van der Waals surface area contributed by atoms with Crippen LogP contribution in [0.4, 0.5) is 11.6 Å². The summed E-state index contributed by atoms with van der Waals surface area (Å²) in [6.45, 7) is 6.79. The molecule has 2 aromatic heterocycles. The van der Waals surface area contributed by atoms with Gasteiger partial charge in [0.2, 0.25) is 5.95 Å². The van der Waals surface area contributed by atoms with Gasteiger partial charge in [0, 0.05) is 42.2 Å². The SMILES string of the molecule is COc1cc(C(=O)NCCS(C)(=O)=O)ccc1Nc1nc2ccc(-c3cccc(C(=O)NCC(C)(C)C)c3)cn2n1. The molecule has 0 aliphatic rings. The summed E-state index contributed by atoms with van der Waals surface area (Å²) in [7, 11) is -1.70. The van der Waals surface area contributed by atoms with Crippen LogP contribution in [0.15, 0.2) is 60.8 Å². The molecular formula is C29H34N6O5S. The highest BCUT2D eigenvalue weighted by Gasteiger charge is 2.15. The first-order valence-corrected chi connectivity index (χ1v) is 15.0. The standard InChI is InChI=1S/C29H34N6O5S/c1-29(2,3)18-31-27(37)20-8-6-7-19(15-20)22-10-12-25-33-28(34-35(25)17-22)32-23-11-9-21(16-24(23)40-4)26(36)30-13-14-41(5,38)39/h6-12,15-17H,13-14,18H2,1-5H3,(H,30,36)(H,31,37)(H,32,34). The molecule has 0 saturated heterocycles. The Hall–Kier alpha value is -4.45. The zero-order chi connectivity index (χ0) is 29.8. The maximum atomic E-state index is 12.7. The molecule has 0 atom stereocenters. The van der Waals surface area contributed by atoms with Crippen LogP contribution in [0.3, 0.4) is 0 Å². The van der Waals surface area contributed by atoms with Crippen molar-refractivity contribution in [1.29, 1.82) is 0 Å². The summed E-state index contributed by atoms with van der Waals surface area (Å²) < 4.78 is 29.7. The summed E-state index contributed by atoms with van der Waals surface area (Å²) in [6, 6.07) is 16.0. The minimum absolute atomic E-state index is 0.0145. The van der Waals surface area contributed by atoms with Crippen LogP contribution in [0.2, 0.25) is 0 Å². The molecule has 0 spiro atoms. The van der Waals surface area contributed by atoms with Crippen molar-refractivity contribution in [3.8, 4) is 16.9 Å². The number of carbonyl (C=O) groups excluding carboxylic acids is 2. The first-order valence-electron chi connectivity index (χ1n) is 13.0. The number of nitrogens with one attached hydrogen (secondary N) is 3. The van der Waals surface area contributed by atoms with Crippen molar-refractivity contribution in [3.63, 3.8) is 0 Å². The van der Waals surface area contributed by atoms with Crippen LogP contribution >= 0.6 is 0 Å². The van der Waals surface area contributed by atoms with E-state index in [1.807, 2.05) is 36.5 Å². The molecule has 2 amide bonds. The van der Waals surface area contributed by atoms with Crippen LogP contribution in [0.1, 0.15) is 41.5 Å². The van der Waals surface area contributed by atoms with E-state index in [4.69, 9.17) is 4.74 Å². The van der Waals surface area contributed by atoms with Gasteiger partial charge in [0.05, 0.1) is 18.6 Å². The van der Waals surface area contributed by atoms with Gasteiger partial charge in [-0.05, 0) is 53.4 Å². The number of carbonyl (C=O) groups is 2. The second-order valence-corrected chi connectivity index (χ2v) is 13.2. The Balaban J connectivity index is 1.49. The Morgan fingerprint density at radius 3 is 2.39 bits per heavy atom. The quantitative estimate of drug-likeness (QED) is 0.258. The first-order chi connectivity index (χ1) is 19.3. The summed E-state index contributed by atoms with van der Waals surface area (Å²) >= 11 is 0. The molecule has 0 bridgehead atoms. The lowest BCUT2D eigenvalue weighted by atomic mass is 9.96. The van der Waals surface area contributed by atoms with Gasteiger partial charge in [-0.2, -0.15) is 4.98 Å². The third kappa shape index (κ3) is 8.04. The predicted octanol–water partition coefficient (Wildman–Crippen LogP) is 3.70. The van der Waals surface area contributed by atoms with E-state index in [1.54, 1.807) is 28.8 Å². The number of methoxy groups -OCH3 is 1. The largest absolute Gasteiger partial charge is 0.495 e. The summed E-state index contributed by atoms with van der Waals surface area (Å²) in [5, 5.41) is 13.2. The lowest BCUT2D eigenvalue weighted by Crippen LogP contribution is -2.32. The third-order valence-electron chi connectivity index (χ3n) is 6.04. The van der Waals surface area contributed by atoms with Crippen LogP contribution in [0.25, 0.3) is 16.8 Å². The van der Waals surface area contributed by atoms with E-state index in [0.29, 0.717) is 40.7 Å². The Morgan fingerprint density at radius 1 is 0.951 bits per heavy atom. The fourth-order valence-electron chi connectivity index (χ4n) is 3.90. The van der Waals surface area contributed by atoms with Gasteiger partial charge in [-0.25, -0.2) is 12.9 Å². The molecule has 0 radical (unpaired) electrons. The molecule has 11 nitrogen and oxygen atoms in total. The maximum absolute atomic E-state index is 12.7. The van der Waals surface area contributed by atoms with Gasteiger partial charge in [0.25, 0.3) is 11.8 Å². The van der Waals surface area contributed by atoms with Gasteiger partial charge < -0.3 is 20.7 Å². The number of amides is 2. The zero-order valence-electron chi connectivity index (χ0n) is 23.7. The number of nitrogens with zero attached hydrogens (tertiary/aromatic N) is 3. The molecule has 4 aromatic rings. The molecule has 0 aliphatic heterocycles. The molecule has 2 aromatic carbocycles. The fraction of sp³-hybridized carbons (Fsp3) is 0.310.